The second kappa shape index (κ2) is 5.76. The molecule has 0 aliphatic rings. The molecule has 0 atom stereocenters. The molecule has 0 aromatic heterocycles. The number of nitrogens with zero attached hydrogens (tertiary/aromatic N) is 2. The molecule has 0 radical (unpaired) electrons. The van der Waals surface area contributed by atoms with Crippen molar-refractivity contribution in [1.82, 2.24) is 0 Å². The molecule has 0 saturated carbocycles. The third kappa shape index (κ3) is 2.94. The van der Waals surface area contributed by atoms with Crippen LogP contribution in [0.5, 0.6) is 0 Å². The first-order valence-electron chi connectivity index (χ1n) is 6.54. The van der Waals surface area contributed by atoms with Gasteiger partial charge in [0, 0.05) is 19.2 Å². The molecular formula is C15H16N2O4S. The highest BCUT2D eigenvalue weighted by molar-refractivity contribution is 7.92. The smallest absolute Gasteiger partial charge is 0.269 e. The van der Waals surface area contributed by atoms with E-state index < -0.39 is 14.9 Å². The summed E-state index contributed by atoms with van der Waals surface area (Å²) in [6.45, 7) is 3.48. The largest absolute Gasteiger partial charge is 0.270 e. The molecule has 22 heavy (non-hydrogen) atoms. The highest BCUT2D eigenvalue weighted by Crippen LogP contribution is 2.27. The van der Waals surface area contributed by atoms with Gasteiger partial charge in [0.25, 0.3) is 15.7 Å². The third-order valence-corrected chi connectivity index (χ3v) is 5.31. The number of anilines is 1. The molecule has 0 saturated heterocycles. The van der Waals surface area contributed by atoms with Crippen LogP contribution >= 0.6 is 0 Å². The van der Waals surface area contributed by atoms with Crippen molar-refractivity contribution in [3.8, 4) is 0 Å². The Balaban J connectivity index is 2.55. The van der Waals surface area contributed by atoms with E-state index in [9.17, 15) is 18.5 Å². The quantitative estimate of drug-likeness (QED) is 0.640. The van der Waals surface area contributed by atoms with Gasteiger partial charge in [0.1, 0.15) is 0 Å². The molecule has 2 aromatic carbocycles. The first-order chi connectivity index (χ1) is 10.2. The van der Waals surface area contributed by atoms with E-state index in [1.807, 2.05) is 13.0 Å². The SMILES string of the molecule is Cc1cccc(N(C)S(=O)(=O)c2cc([N+](=O)[O-])ccc2C)c1. The molecule has 2 rings (SSSR count). The first-order valence-corrected chi connectivity index (χ1v) is 7.98. The lowest BCUT2D eigenvalue weighted by atomic mass is 10.2. The van der Waals surface area contributed by atoms with Crippen molar-refractivity contribution in [2.24, 2.45) is 0 Å². The third-order valence-electron chi connectivity index (χ3n) is 3.39. The molecule has 0 spiro atoms. The normalized spacial score (nSPS) is 11.2. The van der Waals surface area contributed by atoms with Crippen molar-refractivity contribution in [3.05, 3.63) is 63.7 Å². The van der Waals surface area contributed by atoms with E-state index in [4.69, 9.17) is 0 Å². The molecule has 116 valence electrons. The van der Waals surface area contributed by atoms with Gasteiger partial charge in [0.05, 0.1) is 15.5 Å². The van der Waals surface area contributed by atoms with Crippen LogP contribution in [0.15, 0.2) is 47.4 Å². The molecule has 6 nitrogen and oxygen atoms in total. The van der Waals surface area contributed by atoms with Gasteiger partial charge in [-0.05, 0) is 37.1 Å². The number of nitro groups is 1. The predicted molar refractivity (Wildman–Crippen MR) is 84.6 cm³/mol. The lowest BCUT2D eigenvalue weighted by molar-refractivity contribution is -0.385. The summed E-state index contributed by atoms with van der Waals surface area (Å²) in [6, 6.07) is 10.9. The van der Waals surface area contributed by atoms with Gasteiger partial charge in [-0.2, -0.15) is 0 Å². The van der Waals surface area contributed by atoms with Crippen LogP contribution < -0.4 is 4.31 Å². The number of hydrogen-bond donors (Lipinski definition) is 0. The summed E-state index contributed by atoms with van der Waals surface area (Å²) in [6.07, 6.45) is 0. The Labute approximate surface area is 129 Å². The van der Waals surface area contributed by atoms with Gasteiger partial charge >= 0.3 is 0 Å². The summed E-state index contributed by atoms with van der Waals surface area (Å²) in [7, 11) is -2.43. The van der Waals surface area contributed by atoms with Crippen LogP contribution in [-0.2, 0) is 10.0 Å². The molecule has 0 bridgehead atoms. The molecule has 2 aromatic rings. The molecule has 0 heterocycles. The molecule has 0 amide bonds. The van der Waals surface area contributed by atoms with Gasteiger partial charge in [-0.25, -0.2) is 8.42 Å². The van der Waals surface area contributed by atoms with Gasteiger partial charge in [0.2, 0.25) is 0 Å². The average Bonchev–Trinajstić information content (AvgIpc) is 2.46. The Bertz CT molecular complexity index is 831. The number of rotatable bonds is 4. The van der Waals surface area contributed by atoms with Crippen LogP contribution in [0, 0.1) is 24.0 Å². The first kappa shape index (κ1) is 16.0. The maximum absolute atomic E-state index is 12.7. The van der Waals surface area contributed by atoms with Crippen molar-refractivity contribution in [1.29, 1.82) is 0 Å². The van der Waals surface area contributed by atoms with E-state index in [0.29, 0.717) is 11.3 Å². The Hall–Kier alpha value is -2.41. The van der Waals surface area contributed by atoms with Crippen LogP contribution in [0.4, 0.5) is 11.4 Å². The lowest BCUT2D eigenvalue weighted by Gasteiger charge is -2.21. The minimum atomic E-state index is -3.87. The van der Waals surface area contributed by atoms with Gasteiger partial charge in [-0.1, -0.05) is 18.2 Å². The summed E-state index contributed by atoms with van der Waals surface area (Å²) in [4.78, 5) is 10.2. The van der Waals surface area contributed by atoms with Crippen LogP contribution in [0.3, 0.4) is 0 Å². The minimum Gasteiger partial charge on any atom is -0.269 e. The maximum atomic E-state index is 12.7. The predicted octanol–water partition coefficient (Wildman–Crippen LogP) is 3.04. The molecule has 0 aliphatic carbocycles. The number of aryl methyl sites for hydroxylation is 2. The average molecular weight is 320 g/mol. The zero-order chi connectivity index (χ0) is 16.5. The van der Waals surface area contributed by atoms with Gasteiger partial charge in [0.15, 0.2) is 0 Å². The highest BCUT2D eigenvalue weighted by atomic mass is 32.2. The Morgan fingerprint density at radius 2 is 1.77 bits per heavy atom. The second-order valence-corrected chi connectivity index (χ2v) is 6.96. The Kier molecular flexibility index (Phi) is 4.18. The minimum absolute atomic E-state index is 0.0642. The fourth-order valence-corrected chi connectivity index (χ4v) is 3.52. The zero-order valence-electron chi connectivity index (χ0n) is 12.5. The number of nitro benzene ring substituents is 1. The van der Waals surface area contributed by atoms with Gasteiger partial charge in [-0.15, -0.1) is 0 Å². The summed E-state index contributed by atoms with van der Waals surface area (Å²) >= 11 is 0. The number of sulfonamides is 1. The van der Waals surface area contributed by atoms with Crippen LogP contribution in [0.1, 0.15) is 11.1 Å². The van der Waals surface area contributed by atoms with Gasteiger partial charge < -0.3 is 0 Å². The fourth-order valence-electron chi connectivity index (χ4n) is 2.09. The molecule has 0 aliphatic heterocycles. The standard InChI is InChI=1S/C15H16N2O4S/c1-11-5-4-6-13(9-11)16(3)22(20,21)15-10-14(17(18)19)8-7-12(15)2/h4-10H,1-3H3. The number of benzene rings is 2. The van der Waals surface area contributed by atoms with Crippen LogP contribution in [0.2, 0.25) is 0 Å². The molecule has 0 unspecified atom stereocenters. The molecule has 0 N–H and O–H groups in total. The molecular weight excluding hydrogens is 304 g/mol. The van der Waals surface area contributed by atoms with E-state index >= 15 is 0 Å². The van der Waals surface area contributed by atoms with Crippen LogP contribution in [0.25, 0.3) is 0 Å². The topological polar surface area (TPSA) is 80.5 Å². The monoisotopic (exact) mass is 320 g/mol. The number of non-ortho nitro benzene ring substituents is 1. The highest BCUT2D eigenvalue weighted by Gasteiger charge is 2.25. The van der Waals surface area contributed by atoms with E-state index in [1.54, 1.807) is 25.1 Å². The Morgan fingerprint density at radius 3 is 2.36 bits per heavy atom. The summed E-state index contributed by atoms with van der Waals surface area (Å²) in [5, 5.41) is 10.9. The Morgan fingerprint density at radius 1 is 1.09 bits per heavy atom. The lowest BCUT2D eigenvalue weighted by Crippen LogP contribution is -2.27. The summed E-state index contributed by atoms with van der Waals surface area (Å²) in [5.41, 5.74) is 1.65. The van der Waals surface area contributed by atoms with Crippen LogP contribution in [-0.4, -0.2) is 20.4 Å². The number of hydrogen-bond acceptors (Lipinski definition) is 4. The van der Waals surface area contributed by atoms with Crippen molar-refractivity contribution in [2.75, 3.05) is 11.4 Å². The van der Waals surface area contributed by atoms with E-state index in [2.05, 4.69) is 0 Å². The summed E-state index contributed by atoms with van der Waals surface area (Å²) < 4.78 is 26.6. The molecule has 0 fully saturated rings. The van der Waals surface area contributed by atoms with E-state index in [-0.39, 0.29) is 10.6 Å². The van der Waals surface area contributed by atoms with Crippen molar-refractivity contribution in [2.45, 2.75) is 18.7 Å². The van der Waals surface area contributed by atoms with E-state index in [1.165, 1.54) is 19.2 Å². The van der Waals surface area contributed by atoms with E-state index in [0.717, 1.165) is 15.9 Å². The van der Waals surface area contributed by atoms with Crippen molar-refractivity contribution >= 4 is 21.4 Å². The second-order valence-electron chi connectivity index (χ2n) is 5.02. The molecule has 7 heteroatoms. The van der Waals surface area contributed by atoms with Crippen molar-refractivity contribution in [3.63, 3.8) is 0 Å². The maximum Gasteiger partial charge on any atom is 0.270 e. The zero-order valence-corrected chi connectivity index (χ0v) is 13.3. The fraction of sp³-hybridized carbons (Fsp3) is 0.200. The van der Waals surface area contributed by atoms with Gasteiger partial charge in [-0.3, -0.25) is 14.4 Å². The summed E-state index contributed by atoms with van der Waals surface area (Å²) in [5.74, 6) is 0. The van der Waals surface area contributed by atoms with Crippen molar-refractivity contribution < 1.29 is 13.3 Å².